The highest BCUT2D eigenvalue weighted by Gasteiger charge is 2.19. The average molecular weight is 342 g/mol. The second kappa shape index (κ2) is 8.53. The topological polar surface area (TPSA) is 21.7 Å². The number of halogens is 1. The summed E-state index contributed by atoms with van der Waals surface area (Å²) in [5, 5.41) is 1.11. The lowest BCUT2D eigenvalue weighted by Crippen LogP contribution is -2.38. The van der Waals surface area contributed by atoms with Crippen LogP contribution in [0, 0.1) is 5.92 Å². The van der Waals surface area contributed by atoms with Crippen LogP contribution in [0.1, 0.15) is 19.3 Å². The van der Waals surface area contributed by atoms with E-state index in [0.29, 0.717) is 0 Å². The van der Waals surface area contributed by atoms with Gasteiger partial charge in [-0.05, 0) is 43.9 Å². The summed E-state index contributed by atoms with van der Waals surface area (Å²) in [7, 11) is 1.68. The van der Waals surface area contributed by atoms with Gasteiger partial charge in [-0.3, -0.25) is 4.90 Å². The van der Waals surface area contributed by atoms with Crippen LogP contribution in [0.2, 0.25) is 0 Å². The second-order valence-corrected chi connectivity index (χ2v) is 6.08. The smallest absolute Gasteiger partial charge is 0.161 e. The third-order valence-electron chi connectivity index (χ3n) is 3.85. The minimum absolute atomic E-state index is 0.724. The Bertz CT molecular complexity index is 398. The second-order valence-electron chi connectivity index (χ2n) is 5.29. The Balaban J connectivity index is 1.75. The summed E-state index contributed by atoms with van der Waals surface area (Å²) in [6.07, 6.45) is 3.96. The lowest BCUT2D eigenvalue weighted by atomic mass is 9.96. The van der Waals surface area contributed by atoms with Gasteiger partial charge in [0.25, 0.3) is 0 Å². The predicted octanol–water partition coefficient (Wildman–Crippen LogP) is 3.57. The van der Waals surface area contributed by atoms with Crippen LogP contribution in [0.4, 0.5) is 0 Å². The number of likely N-dealkylation sites (tertiary alicyclic amines) is 1. The zero-order chi connectivity index (χ0) is 14.2. The van der Waals surface area contributed by atoms with Crippen molar-refractivity contribution < 1.29 is 9.47 Å². The molecule has 0 radical (unpaired) electrons. The van der Waals surface area contributed by atoms with Gasteiger partial charge in [-0.2, -0.15) is 0 Å². The number of hydrogen-bond donors (Lipinski definition) is 0. The van der Waals surface area contributed by atoms with Crippen LogP contribution in [0.5, 0.6) is 11.5 Å². The van der Waals surface area contributed by atoms with E-state index in [1.165, 1.54) is 32.4 Å². The average Bonchev–Trinajstić information content (AvgIpc) is 2.48. The van der Waals surface area contributed by atoms with E-state index in [4.69, 9.17) is 9.47 Å². The third-order valence-corrected chi connectivity index (χ3v) is 4.31. The summed E-state index contributed by atoms with van der Waals surface area (Å²) in [5.74, 6) is 2.49. The molecule has 0 spiro atoms. The van der Waals surface area contributed by atoms with E-state index >= 15 is 0 Å². The SMILES string of the molecule is COc1ccccc1OCCN1CCCC(CCBr)C1. The first-order chi connectivity index (χ1) is 9.83. The molecule has 0 amide bonds. The van der Waals surface area contributed by atoms with Gasteiger partial charge in [0.2, 0.25) is 0 Å². The van der Waals surface area contributed by atoms with Gasteiger partial charge in [-0.25, -0.2) is 0 Å². The molecule has 0 saturated carbocycles. The Labute approximate surface area is 130 Å². The maximum absolute atomic E-state index is 5.85. The summed E-state index contributed by atoms with van der Waals surface area (Å²) in [6.45, 7) is 4.13. The van der Waals surface area contributed by atoms with Crippen LogP contribution in [0.15, 0.2) is 24.3 Å². The zero-order valence-corrected chi connectivity index (χ0v) is 13.8. The Morgan fingerprint density at radius 3 is 2.85 bits per heavy atom. The molecule has 0 aromatic heterocycles. The Kier molecular flexibility index (Phi) is 6.67. The minimum atomic E-state index is 0.724. The van der Waals surface area contributed by atoms with Crippen molar-refractivity contribution in [1.29, 1.82) is 0 Å². The normalized spacial score (nSPS) is 19.8. The summed E-state index contributed by atoms with van der Waals surface area (Å²) in [6, 6.07) is 7.83. The van der Waals surface area contributed by atoms with Gasteiger partial charge >= 0.3 is 0 Å². The number of piperidine rings is 1. The number of nitrogens with zero attached hydrogens (tertiary/aromatic N) is 1. The van der Waals surface area contributed by atoms with E-state index in [-0.39, 0.29) is 0 Å². The van der Waals surface area contributed by atoms with Crippen LogP contribution in [0.25, 0.3) is 0 Å². The fourth-order valence-corrected chi connectivity index (χ4v) is 3.41. The van der Waals surface area contributed by atoms with Crippen LogP contribution in [0.3, 0.4) is 0 Å². The molecule has 1 aromatic carbocycles. The molecule has 1 aromatic rings. The van der Waals surface area contributed by atoms with Crippen molar-refractivity contribution in [2.24, 2.45) is 5.92 Å². The molecule has 20 heavy (non-hydrogen) atoms. The van der Waals surface area contributed by atoms with E-state index in [2.05, 4.69) is 20.8 Å². The van der Waals surface area contributed by atoms with Crippen molar-refractivity contribution in [1.82, 2.24) is 4.90 Å². The van der Waals surface area contributed by atoms with Gasteiger partial charge in [0.05, 0.1) is 7.11 Å². The number of ether oxygens (including phenoxy) is 2. The number of alkyl halides is 1. The number of rotatable bonds is 7. The van der Waals surface area contributed by atoms with Crippen molar-refractivity contribution in [3.05, 3.63) is 24.3 Å². The molecule has 1 fully saturated rings. The molecule has 0 bridgehead atoms. The van der Waals surface area contributed by atoms with E-state index in [1.807, 2.05) is 24.3 Å². The lowest BCUT2D eigenvalue weighted by Gasteiger charge is -2.32. The number of hydrogen-bond acceptors (Lipinski definition) is 3. The third kappa shape index (κ3) is 4.67. The molecule has 2 rings (SSSR count). The van der Waals surface area contributed by atoms with Gasteiger partial charge in [0, 0.05) is 18.4 Å². The number of para-hydroxylation sites is 2. The fourth-order valence-electron chi connectivity index (χ4n) is 2.77. The van der Waals surface area contributed by atoms with Crippen molar-refractivity contribution in [3.8, 4) is 11.5 Å². The van der Waals surface area contributed by atoms with Crippen LogP contribution in [-0.4, -0.2) is 43.6 Å². The van der Waals surface area contributed by atoms with Crippen LogP contribution < -0.4 is 9.47 Å². The minimum Gasteiger partial charge on any atom is -0.493 e. The monoisotopic (exact) mass is 341 g/mol. The Morgan fingerprint density at radius 2 is 2.10 bits per heavy atom. The highest BCUT2D eigenvalue weighted by Crippen LogP contribution is 2.26. The van der Waals surface area contributed by atoms with E-state index in [0.717, 1.165) is 35.9 Å². The molecule has 112 valence electrons. The summed E-state index contributed by atoms with van der Waals surface area (Å²) >= 11 is 3.55. The molecular formula is C16H24BrNO2. The highest BCUT2D eigenvalue weighted by atomic mass is 79.9. The summed E-state index contributed by atoms with van der Waals surface area (Å²) in [4.78, 5) is 2.52. The Hall–Kier alpha value is -0.740. The molecule has 1 aliphatic heterocycles. The van der Waals surface area contributed by atoms with Gasteiger partial charge < -0.3 is 9.47 Å². The number of benzene rings is 1. The van der Waals surface area contributed by atoms with Crippen molar-refractivity contribution in [2.75, 3.05) is 38.7 Å². The van der Waals surface area contributed by atoms with Crippen LogP contribution >= 0.6 is 15.9 Å². The maximum Gasteiger partial charge on any atom is 0.161 e. The molecule has 3 nitrogen and oxygen atoms in total. The molecule has 0 N–H and O–H groups in total. The van der Waals surface area contributed by atoms with Gasteiger partial charge in [0.1, 0.15) is 6.61 Å². The molecule has 4 heteroatoms. The van der Waals surface area contributed by atoms with Gasteiger partial charge in [0.15, 0.2) is 11.5 Å². The van der Waals surface area contributed by atoms with Crippen molar-refractivity contribution in [3.63, 3.8) is 0 Å². The molecule has 1 aliphatic rings. The standard InChI is InChI=1S/C16H24BrNO2/c1-19-15-6-2-3-7-16(15)20-12-11-18-10-4-5-14(13-18)8-9-17/h2-3,6-7,14H,4-5,8-13H2,1H3. The maximum atomic E-state index is 5.85. The van der Waals surface area contributed by atoms with Crippen molar-refractivity contribution >= 4 is 15.9 Å². The summed E-state index contributed by atoms with van der Waals surface area (Å²) < 4.78 is 11.1. The largest absolute Gasteiger partial charge is 0.493 e. The molecule has 1 atom stereocenters. The highest BCUT2D eigenvalue weighted by molar-refractivity contribution is 9.09. The first-order valence-corrected chi connectivity index (χ1v) is 8.49. The molecule has 1 heterocycles. The van der Waals surface area contributed by atoms with Crippen molar-refractivity contribution in [2.45, 2.75) is 19.3 Å². The molecular weight excluding hydrogens is 318 g/mol. The van der Waals surface area contributed by atoms with E-state index in [9.17, 15) is 0 Å². The molecule has 0 aliphatic carbocycles. The quantitative estimate of drug-likeness (QED) is 0.707. The first kappa shape index (κ1) is 15.6. The van der Waals surface area contributed by atoms with Gasteiger partial charge in [-0.1, -0.05) is 28.1 Å². The number of methoxy groups -OCH3 is 1. The van der Waals surface area contributed by atoms with Crippen LogP contribution in [-0.2, 0) is 0 Å². The van der Waals surface area contributed by atoms with E-state index in [1.54, 1.807) is 7.11 Å². The molecule has 1 unspecified atom stereocenters. The lowest BCUT2D eigenvalue weighted by molar-refractivity contribution is 0.144. The zero-order valence-electron chi connectivity index (χ0n) is 12.2. The van der Waals surface area contributed by atoms with Gasteiger partial charge in [-0.15, -0.1) is 0 Å². The fraction of sp³-hybridized carbons (Fsp3) is 0.625. The first-order valence-electron chi connectivity index (χ1n) is 7.37. The predicted molar refractivity (Wildman–Crippen MR) is 86.1 cm³/mol. The summed E-state index contributed by atoms with van der Waals surface area (Å²) in [5.41, 5.74) is 0. The molecule has 1 saturated heterocycles. The Morgan fingerprint density at radius 1 is 1.30 bits per heavy atom. The van der Waals surface area contributed by atoms with E-state index < -0.39 is 0 Å².